The first-order chi connectivity index (χ1) is 10.8. The largest absolute Gasteiger partial charge is 0.496 e. The molecule has 23 heavy (non-hydrogen) atoms. The number of imidazole rings is 1. The van der Waals surface area contributed by atoms with Crippen molar-refractivity contribution in [2.24, 2.45) is 7.05 Å². The van der Waals surface area contributed by atoms with Gasteiger partial charge in [0.15, 0.2) is 0 Å². The van der Waals surface area contributed by atoms with Crippen molar-refractivity contribution < 1.29 is 27.4 Å². The maximum atomic E-state index is 12.8. The van der Waals surface area contributed by atoms with Crippen LogP contribution in [0.25, 0.3) is 11.3 Å². The summed E-state index contributed by atoms with van der Waals surface area (Å²) in [6.07, 6.45) is -3.30. The summed E-state index contributed by atoms with van der Waals surface area (Å²) in [7, 11) is 2.63. The molecule has 0 radical (unpaired) electrons. The first-order valence-electron chi connectivity index (χ1n) is 6.74. The van der Waals surface area contributed by atoms with E-state index in [2.05, 4.69) is 4.98 Å². The summed E-state index contributed by atoms with van der Waals surface area (Å²) in [5, 5.41) is 0. The van der Waals surface area contributed by atoms with Crippen molar-refractivity contribution in [2.75, 3.05) is 13.7 Å². The van der Waals surface area contributed by atoms with Crippen molar-refractivity contribution in [1.29, 1.82) is 0 Å². The van der Waals surface area contributed by atoms with Crippen LogP contribution in [-0.4, -0.2) is 29.2 Å². The zero-order valence-electron chi connectivity index (χ0n) is 12.8. The van der Waals surface area contributed by atoms with Gasteiger partial charge in [-0.25, -0.2) is 9.78 Å². The van der Waals surface area contributed by atoms with E-state index in [1.165, 1.54) is 38.6 Å². The quantitative estimate of drug-likeness (QED) is 0.808. The standard InChI is InChI=1S/C15H15F3N2O3/c1-4-23-13(21)9-5-6-10(12(7-9)22-3)11-8-20(2)14(19-11)15(16,17)18/h5-8H,4H2,1-3H3. The van der Waals surface area contributed by atoms with Crippen LogP contribution < -0.4 is 4.74 Å². The number of hydrogen-bond acceptors (Lipinski definition) is 4. The summed E-state index contributed by atoms with van der Waals surface area (Å²) in [6, 6.07) is 4.35. The van der Waals surface area contributed by atoms with E-state index in [0.29, 0.717) is 5.56 Å². The van der Waals surface area contributed by atoms with E-state index in [4.69, 9.17) is 9.47 Å². The van der Waals surface area contributed by atoms with Gasteiger partial charge in [-0.15, -0.1) is 0 Å². The molecule has 0 unspecified atom stereocenters. The summed E-state index contributed by atoms with van der Waals surface area (Å²) in [6.45, 7) is 1.90. The maximum Gasteiger partial charge on any atom is 0.449 e. The fourth-order valence-corrected chi connectivity index (χ4v) is 2.10. The third-order valence-electron chi connectivity index (χ3n) is 3.12. The van der Waals surface area contributed by atoms with E-state index in [1.807, 2.05) is 0 Å². The van der Waals surface area contributed by atoms with Crippen molar-refractivity contribution in [2.45, 2.75) is 13.1 Å². The summed E-state index contributed by atoms with van der Waals surface area (Å²) in [5.41, 5.74) is 0.707. The fraction of sp³-hybridized carbons (Fsp3) is 0.333. The van der Waals surface area contributed by atoms with Crippen molar-refractivity contribution in [1.82, 2.24) is 9.55 Å². The van der Waals surface area contributed by atoms with Gasteiger partial charge in [0.25, 0.3) is 0 Å². The van der Waals surface area contributed by atoms with Crippen LogP contribution in [0.15, 0.2) is 24.4 Å². The summed E-state index contributed by atoms with van der Waals surface area (Å²) >= 11 is 0. The van der Waals surface area contributed by atoms with Gasteiger partial charge in [-0.1, -0.05) is 0 Å². The first kappa shape index (κ1) is 16.9. The second-order valence-corrected chi connectivity index (χ2v) is 4.69. The molecule has 8 heteroatoms. The van der Waals surface area contributed by atoms with E-state index in [0.717, 1.165) is 4.57 Å². The molecule has 0 aliphatic rings. The topological polar surface area (TPSA) is 53.4 Å². The molecular formula is C15H15F3N2O3. The summed E-state index contributed by atoms with van der Waals surface area (Å²) < 4.78 is 49.5. The number of aromatic nitrogens is 2. The Morgan fingerprint density at radius 1 is 1.35 bits per heavy atom. The second kappa shape index (κ2) is 6.31. The molecule has 0 spiro atoms. The van der Waals surface area contributed by atoms with E-state index in [1.54, 1.807) is 6.92 Å². The lowest BCUT2D eigenvalue weighted by molar-refractivity contribution is -0.146. The van der Waals surface area contributed by atoms with Gasteiger partial charge in [-0.05, 0) is 25.1 Å². The maximum absolute atomic E-state index is 12.8. The average Bonchev–Trinajstić information content (AvgIpc) is 2.88. The number of alkyl halides is 3. The van der Waals surface area contributed by atoms with E-state index >= 15 is 0 Å². The SMILES string of the molecule is CCOC(=O)c1ccc(-c2cn(C)c(C(F)(F)F)n2)c(OC)c1. The van der Waals surface area contributed by atoms with Gasteiger partial charge in [0.1, 0.15) is 5.75 Å². The first-order valence-corrected chi connectivity index (χ1v) is 6.74. The lowest BCUT2D eigenvalue weighted by Gasteiger charge is -2.09. The number of carbonyl (C=O) groups is 1. The molecule has 2 rings (SSSR count). The highest BCUT2D eigenvalue weighted by Gasteiger charge is 2.36. The van der Waals surface area contributed by atoms with Crippen LogP contribution in [0.3, 0.4) is 0 Å². The lowest BCUT2D eigenvalue weighted by Crippen LogP contribution is -2.12. The van der Waals surface area contributed by atoms with Gasteiger partial charge in [-0.3, -0.25) is 0 Å². The number of esters is 1. The Bertz CT molecular complexity index is 723. The molecular weight excluding hydrogens is 313 g/mol. The van der Waals surface area contributed by atoms with E-state index < -0.39 is 18.0 Å². The van der Waals surface area contributed by atoms with Gasteiger partial charge in [0, 0.05) is 18.8 Å². The lowest BCUT2D eigenvalue weighted by atomic mass is 10.1. The van der Waals surface area contributed by atoms with Gasteiger partial charge < -0.3 is 14.0 Å². The minimum Gasteiger partial charge on any atom is -0.496 e. The zero-order chi connectivity index (χ0) is 17.2. The zero-order valence-corrected chi connectivity index (χ0v) is 12.8. The molecule has 0 fully saturated rings. The normalized spacial score (nSPS) is 11.4. The van der Waals surface area contributed by atoms with Gasteiger partial charge in [0.05, 0.1) is 25.0 Å². The third-order valence-corrected chi connectivity index (χ3v) is 3.12. The highest BCUT2D eigenvalue weighted by Crippen LogP contribution is 2.34. The Balaban J connectivity index is 2.46. The molecule has 1 aromatic carbocycles. The Morgan fingerprint density at radius 3 is 2.57 bits per heavy atom. The number of ether oxygens (including phenoxy) is 2. The number of halogens is 3. The molecule has 1 aromatic heterocycles. The predicted octanol–water partition coefficient (Wildman–Crippen LogP) is 3.29. The van der Waals surface area contributed by atoms with Gasteiger partial charge in [-0.2, -0.15) is 13.2 Å². The fourth-order valence-electron chi connectivity index (χ4n) is 2.10. The Kier molecular flexibility index (Phi) is 4.63. The van der Waals surface area contributed by atoms with Crippen LogP contribution in [0.1, 0.15) is 23.1 Å². The molecule has 0 aliphatic carbocycles. The molecule has 0 aliphatic heterocycles. The van der Waals surface area contributed by atoms with Crippen LogP contribution in [0, 0.1) is 0 Å². The van der Waals surface area contributed by atoms with Crippen molar-refractivity contribution in [3.8, 4) is 17.0 Å². The number of rotatable bonds is 4. The molecule has 0 atom stereocenters. The number of aryl methyl sites for hydroxylation is 1. The Labute approximate surface area is 130 Å². The number of hydrogen-bond donors (Lipinski definition) is 0. The van der Waals surface area contributed by atoms with Crippen LogP contribution in [0.2, 0.25) is 0 Å². The van der Waals surface area contributed by atoms with Crippen molar-refractivity contribution >= 4 is 5.97 Å². The van der Waals surface area contributed by atoms with Crippen LogP contribution in [0.5, 0.6) is 5.75 Å². The van der Waals surface area contributed by atoms with E-state index in [-0.39, 0.29) is 23.6 Å². The molecule has 5 nitrogen and oxygen atoms in total. The van der Waals surface area contributed by atoms with E-state index in [9.17, 15) is 18.0 Å². The smallest absolute Gasteiger partial charge is 0.449 e. The number of benzene rings is 1. The van der Waals surface area contributed by atoms with Gasteiger partial charge >= 0.3 is 12.1 Å². The summed E-state index contributed by atoms with van der Waals surface area (Å²) in [4.78, 5) is 15.3. The summed E-state index contributed by atoms with van der Waals surface area (Å²) in [5.74, 6) is -1.30. The Hall–Kier alpha value is -2.51. The predicted molar refractivity (Wildman–Crippen MR) is 76.2 cm³/mol. The minimum absolute atomic E-state index is 0.104. The minimum atomic E-state index is -4.55. The number of carbonyl (C=O) groups excluding carboxylic acids is 1. The highest BCUT2D eigenvalue weighted by atomic mass is 19.4. The van der Waals surface area contributed by atoms with Crippen LogP contribution in [0.4, 0.5) is 13.2 Å². The number of nitrogens with zero attached hydrogens (tertiary/aromatic N) is 2. The van der Waals surface area contributed by atoms with Crippen LogP contribution >= 0.6 is 0 Å². The molecule has 2 aromatic rings. The van der Waals surface area contributed by atoms with Crippen molar-refractivity contribution in [3.63, 3.8) is 0 Å². The van der Waals surface area contributed by atoms with Crippen LogP contribution in [-0.2, 0) is 18.0 Å². The Morgan fingerprint density at radius 2 is 2.04 bits per heavy atom. The molecule has 124 valence electrons. The molecule has 0 N–H and O–H groups in total. The molecule has 0 saturated heterocycles. The molecule has 0 bridgehead atoms. The second-order valence-electron chi connectivity index (χ2n) is 4.69. The molecule has 1 heterocycles. The van der Waals surface area contributed by atoms with Gasteiger partial charge in [0.2, 0.25) is 5.82 Å². The third kappa shape index (κ3) is 3.46. The van der Waals surface area contributed by atoms with Crippen molar-refractivity contribution in [3.05, 3.63) is 35.8 Å². The average molecular weight is 328 g/mol. The number of methoxy groups -OCH3 is 1. The highest BCUT2D eigenvalue weighted by molar-refractivity contribution is 5.91. The monoisotopic (exact) mass is 328 g/mol. The molecule has 0 amide bonds. The molecule has 0 saturated carbocycles.